The summed E-state index contributed by atoms with van der Waals surface area (Å²) in [6.45, 7) is 3.82. The fraction of sp³-hybridized carbons (Fsp3) is 0.267. The van der Waals surface area contributed by atoms with Gasteiger partial charge in [-0.25, -0.2) is 9.37 Å². The number of nitrogens with zero attached hydrogens (tertiary/aromatic N) is 2. The van der Waals surface area contributed by atoms with Crippen LogP contribution in [-0.2, 0) is 0 Å². The van der Waals surface area contributed by atoms with Crippen LogP contribution in [0.1, 0.15) is 57.5 Å². The lowest BCUT2D eigenvalue weighted by molar-refractivity contribution is 0.0937. The number of aromatic nitrogens is 2. The summed E-state index contributed by atoms with van der Waals surface area (Å²) in [6, 6.07) is 16.3. The summed E-state index contributed by atoms with van der Waals surface area (Å²) in [7, 11) is 0. The Labute approximate surface area is 224 Å². The molecule has 4 aromatic rings. The molecule has 0 spiro atoms. The van der Waals surface area contributed by atoms with Crippen LogP contribution in [0.3, 0.4) is 0 Å². The van der Waals surface area contributed by atoms with E-state index in [9.17, 15) is 18.8 Å². The first-order valence-electron chi connectivity index (χ1n) is 12.7. The Bertz CT molecular complexity index is 1590. The number of rotatable bonds is 7. The Morgan fingerprint density at radius 3 is 2.50 bits per heavy atom. The molecule has 1 amide bonds. The molecule has 0 bridgehead atoms. The normalized spacial score (nSPS) is 13.7. The van der Waals surface area contributed by atoms with Crippen LogP contribution in [0.2, 0.25) is 0 Å². The number of ketones is 1. The Kier molecular flexibility index (Phi) is 7.42. The molecule has 0 unspecified atom stereocenters. The van der Waals surface area contributed by atoms with E-state index in [2.05, 4.69) is 5.32 Å². The lowest BCUT2D eigenvalue weighted by atomic mass is 10.0. The molecular weight excluding hydrogens is 501 g/mol. The minimum atomic E-state index is -0.423. The highest BCUT2D eigenvalue weighted by Gasteiger charge is 2.20. The predicted octanol–water partition coefficient (Wildman–Crippen LogP) is 5.79. The zero-order chi connectivity index (χ0) is 26.8. The molecule has 0 atom stereocenters. The molecule has 1 saturated carbocycles. The molecule has 1 N–H and O–H groups in total. The second kappa shape index (κ2) is 10.9. The van der Waals surface area contributed by atoms with Crippen molar-refractivity contribution in [1.82, 2.24) is 14.9 Å². The molecular formula is C30H28FN3O3S. The Hall–Kier alpha value is -3.78. The Balaban J connectivity index is 1.53. The number of amides is 1. The molecule has 3 aromatic carbocycles. The zero-order valence-electron chi connectivity index (χ0n) is 21.3. The van der Waals surface area contributed by atoms with Crippen molar-refractivity contribution >= 4 is 34.4 Å². The van der Waals surface area contributed by atoms with Crippen molar-refractivity contribution in [2.24, 2.45) is 0 Å². The maximum absolute atomic E-state index is 13.6. The highest BCUT2D eigenvalue weighted by molar-refractivity contribution is 7.99. The smallest absolute Gasteiger partial charge is 0.266 e. The molecule has 8 heteroatoms. The number of carbonyl (C=O) groups excluding carboxylic acids is 2. The van der Waals surface area contributed by atoms with E-state index < -0.39 is 5.82 Å². The average molecular weight is 530 g/mol. The number of aryl methyl sites for hydroxylation is 2. The minimum Gasteiger partial charge on any atom is -0.349 e. The molecule has 1 fully saturated rings. The van der Waals surface area contributed by atoms with Crippen LogP contribution < -0.4 is 10.9 Å². The van der Waals surface area contributed by atoms with Gasteiger partial charge in [0.15, 0.2) is 10.9 Å². The van der Waals surface area contributed by atoms with Crippen LogP contribution in [-0.4, -0.2) is 33.0 Å². The van der Waals surface area contributed by atoms with E-state index in [0.29, 0.717) is 32.9 Å². The van der Waals surface area contributed by atoms with Crippen LogP contribution in [0, 0.1) is 19.7 Å². The minimum absolute atomic E-state index is 0.0608. The average Bonchev–Trinajstić information content (AvgIpc) is 3.42. The van der Waals surface area contributed by atoms with Gasteiger partial charge in [0.05, 0.1) is 22.3 Å². The number of nitrogens with one attached hydrogen (secondary N) is 1. The number of benzene rings is 3. The van der Waals surface area contributed by atoms with Gasteiger partial charge in [-0.15, -0.1) is 0 Å². The number of carbonyl (C=O) groups is 2. The van der Waals surface area contributed by atoms with Gasteiger partial charge in [-0.3, -0.25) is 19.0 Å². The second-order valence-corrected chi connectivity index (χ2v) is 10.7. The lowest BCUT2D eigenvalue weighted by Gasteiger charge is -2.15. The van der Waals surface area contributed by atoms with Crippen molar-refractivity contribution < 1.29 is 14.0 Å². The van der Waals surface area contributed by atoms with Gasteiger partial charge in [-0.1, -0.05) is 42.3 Å². The summed E-state index contributed by atoms with van der Waals surface area (Å²) >= 11 is 1.14. The topological polar surface area (TPSA) is 81.1 Å². The van der Waals surface area contributed by atoms with Crippen molar-refractivity contribution in [3.8, 4) is 5.69 Å². The van der Waals surface area contributed by atoms with E-state index in [1.54, 1.807) is 18.2 Å². The van der Waals surface area contributed by atoms with Gasteiger partial charge in [0.25, 0.3) is 11.5 Å². The molecule has 0 saturated heterocycles. The molecule has 0 aliphatic heterocycles. The van der Waals surface area contributed by atoms with Crippen LogP contribution in [0.5, 0.6) is 0 Å². The SMILES string of the molecule is Cc1ccc(C)c(C(=O)CSc2nc3cc(C(=O)NC4CCCC4)ccc3c(=O)n2-c2ccc(F)cc2)c1. The largest absolute Gasteiger partial charge is 0.349 e. The van der Waals surface area contributed by atoms with Gasteiger partial charge >= 0.3 is 0 Å². The van der Waals surface area contributed by atoms with Gasteiger partial charge in [0, 0.05) is 17.2 Å². The summed E-state index contributed by atoms with van der Waals surface area (Å²) in [4.78, 5) is 44.3. The predicted molar refractivity (Wildman–Crippen MR) is 148 cm³/mol. The third-order valence-corrected chi connectivity index (χ3v) is 7.84. The number of halogens is 1. The highest BCUT2D eigenvalue weighted by atomic mass is 32.2. The highest BCUT2D eigenvalue weighted by Crippen LogP contribution is 2.25. The standard InChI is InChI=1S/C30H28FN3O3S/c1-18-7-8-19(2)25(15-18)27(35)17-38-30-33-26-16-20(28(36)32-22-5-3-4-6-22)9-14-24(26)29(37)34(30)23-12-10-21(31)11-13-23/h7-16,22H,3-6,17H2,1-2H3,(H,32,36). The maximum Gasteiger partial charge on any atom is 0.266 e. The van der Waals surface area contributed by atoms with Crippen molar-refractivity contribution in [3.05, 3.63) is 99.1 Å². The van der Waals surface area contributed by atoms with Crippen LogP contribution >= 0.6 is 11.8 Å². The number of hydrogen-bond acceptors (Lipinski definition) is 5. The summed E-state index contributed by atoms with van der Waals surface area (Å²) in [5.41, 5.74) is 3.37. The molecule has 5 rings (SSSR count). The fourth-order valence-corrected chi connectivity index (χ4v) is 5.70. The van der Waals surface area contributed by atoms with E-state index in [1.165, 1.54) is 28.8 Å². The third-order valence-electron chi connectivity index (χ3n) is 6.90. The first-order chi connectivity index (χ1) is 18.3. The molecule has 1 aliphatic carbocycles. The maximum atomic E-state index is 13.6. The summed E-state index contributed by atoms with van der Waals surface area (Å²) in [6.07, 6.45) is 4.15. The number of thioether (sulfide) groups is 1. The summed E-state index contributed by atoms with van der Waals surface area (Å²) in [5.74, 6) is -0.637. The Morgan fingerprint density at radius 1 is 1.03 bits per heavy atom. The molecule has 1 heterocycles. The fourth-order valence-electron chi connectivity index (χ4n) is 4.80. The quantitative estimate of drug-likeness (QED) is 0.186. The molecule has 6 nitrogen and oxygen atoms in total. The second-order valence-electron chi connectivity index (χ2n) is 9.73. The van der Waals surface area contributed by atoms with Gasteiger partial charge in [-0.05, 0) is 80.8 Å². The summed E-state index contributed by atoms with van der Waals surface area (Å²) in [5, 5.41) is 3.69. The third kappa shape index (κ3) is 5.41. The van der Waals surface area contributed by atoms with Gasteiger partial charge in [0.2, 0.25) is 0 Å². The van der Waals surface area contributed by atoms with Crippen molar-refractivity contribution in [1.29, 1.82) is 0 Å². The van der Waals surface area contributed by atoms with Gasteiger partial charge < -0.3 is 5.32 Å². The van der Waals surface area contributed by atoms with Gasteiger partial charge in [0.1, 0.15) is 5.82 Å². The molecule has 0 radical (unpaired) electrons. The monoisotopic (exact) mass is 529 g/mol. The molecule has 1 aliphatic rings. The van der Waals surface area contributed by atoms with E-state index in [4.69, 9.17) is 4.98 Å². The van der Waals surface area contributed by atoms with Crippen LogP contribution in [0.25, 0.3) is 16.6 Å². The number of hydrogen-bond donors (Lipinski definition) is 1. The first kappa shape index (κ1) is 25.9. The first-order valence-corrected chi connectivity index (χ1v) is 13.7. The van der Waals surface area contributed by atoms with Crippen molar-refractivity contribution in [2.45, 2.75) is 50.7 Å². The van der Waals surface area contributed by atoms with Crippen molar-refractivity contribution in [3.63, 3.8) is 0 Å². The van der Waals surface area contributed by atoms with E-state index in [1.807, 2.05) is 32.0 Å². The Morgan fingerprint density at radius 2 is 1.76 bits per heavy atom. The lowest BCUT2D eigenvalue weighted by Crippen LogP contribution is -2.32. The number of fused-ring (bicyclic) bond motifs is 1. The van der Waals surface area contributed by atoms with Crippen molar-refractivity contribution in [2.75, 3.05) is 5.75 Å². The zero-order valence-corrected chi connectivity index (χ0v) is 22.1. The molecule has 194 valence electrons. The molecule has 38 heavy (non-hydrogen) atoms. The van der Waals surface area contributed by atoms with E-state index >= 15 is 0 Å². The molecule has 1 aromatic heterocycles. The van der Waals surface area contributed by atoms with E-state index in [-0.39, 0.29) is 29.0 Å². The van der Waals surface area contributed by atoms with Crippen LogP contribution in [0.4, 0.5) is 4.39 Å². The van der Waals surface area contributed by atoms with Gasteiger partial charge in [-0.2, -0.15) is 0 Å². The number of Topliss-reactive ketones (excluding diaryl/α,β-unsaturated/α-hetero) is 1. The summed E-state index contributed by atoms with van der Waals surface area (Å²) < 4.78 is 15.0. The van der Waals surface area contributed by atoms with E-state index in [0.717, 1.165) is 48.6 Å². The van der Waals surface area contributed by atoms with Crippen LogP contribution in [0.15, 0.2) is 70.6 Å².